The Labute approximate surface area is 127 Å². The molecule has 1 fully saturated rings. The molecule has 1 aromatic heterocycles. The number of nitrogens with zero attached hydrogens (tertiary/aromatic N) is 4. The zero-order valence-corrected chi connectivity index (χ0v) is 13.6. The molecule has 0 amide bonds. The molecule has 1 N–H and O–H groups in total. The van der Waals surface area contributed by atoms with Gasteiger partial charge in [-0.05, 0) is 32.1 Å². The minimum atomic E-state index is 0.423. The van der Waals surface area contributed by atoms with Gasteiger partial charge in [-0.15, -0.1) is 0 Å². The van der Waals surface area contributed by atoms with Gasteiger partial charge >= 0.3 is 6.01 Å². The van der Waals surface area contributed by atoms with Gasteiger partial charge in [0.2, 0.25) is 11.9 Å². The topological polar surface area (TPSA) is 63.2 Å². The van der Waals surface area contributed by atoms with Crippen molar-refractivity contribution in [1.82, 2.24) is 15.0 Å². The van der Waals surface area contributed by atoms with Crippen LogP contribution in [0.2, 0.25) is 0 Å². The first-order valence-electron chi connectivity index (χ1n) is 8.03. The standard InChI is InChI=1S/C15H27N5O/c1-5-9-21-15-18-13(16-6-2)17-14(19-15)20(10-11(3)4)12-7-8-12/h11-12H,5-10H2,1-4H3,(H,16,17,18,19). The minimum absolute atomic E-state index is 0.423. The van der Waals surface area contributed by atoms with Crippen LogP contribution in [0.3, 0.4) is 0 Å². The molecule has 0 aromatic carbocycles. The van der Waals surface area contributed by atoms with Crippen LogP contribution in [0.15, 0.2) is 0 Å². The van der Waals surface area contributed by atoms with E-state index in [1.54, 1.807) is 0 Å². The molecular weight excluding hydrogens is 266 g/mol. The van der Waals surface area contributed by atoms with E-state index in [0.717, 1.165) is 25.5 Å². The molecule has 0 saturated heterocycles. The largest absolute Gasteiger partial charge is 0.463 e. The molecule has 0 atom stereocenters. The van der Waals surface area contributed by atoms with Crippen molar-refractivity contribution in [2.45, 2.75) is 53.0 Å². The van der Waals surface area contributed by atoms with Gasteiger partial charge in [-0.3, -0.25) is 0 Å². The fourth-order valence-electron chi connectivity index (χ4n) is 2.14. The first-order chi connectivity index (χ1) is 10.1. The zero-order chi connectivity index (χ0) is 15.2. The van der Waals surface area contributed by atoms with Crippen LogP contribution in [0.5, 0.6) is 6.01 Å². The third-order valence-corrected chi connectivity index (χ3v) is 3.18. The number of rotatable bonds is 9. The summed E-state index contributed by atoms with van der Waals surface area (Å²) in [6.45, 7) is 10.9. The van der Waals surface area contributed by atoms with Gasteiger partial charge < -0.3 is 15.0 Å². The Morgan fingerprint density at radius 2 is 2.00 bits per heavy atom. The van der Waals surface area contributed by atoms with Crippen LogP contribution < -0.4 is 15.0 Å². The molecule has 1 saturated carbocycles. The molecule has 6 heteroatoms. The summed E-state index contributed by atoms with van der Waals surface area (Å²) in [6, 6.07) is 0.996. The van der Waals surface area contributed by atoms with E-state index in [4.69, 9.17) is 4.74 Å². The smallest absolute Gasteiger partial charge is 0.323 e. The van der Waals surface area contributed by atoms with Crippen molar-refractivity contribution in [2.75, 3.05) is 29.9 Å². The molecule has 0 bridgehead atoms. The molecule has 1 aromatic rings. The fourth-order valence-corrected chi connectivity index (χ4v) is 2.14. The van der Waals surface area contributed by atoms with E-state index in [1.165, 1.54) is 12.8 Å². The molecule has 2 rings (SSSR count). The lowest BCUT2D eigenvalue weighted by Gasteiger charge is -2.24. The number of ether oxygens (including phenoxy) is 1. The summed E-state index contributed by atoms with van der Waals surface area (Å²) < 4.78 is 5.61. The maximum atomic E-state index is 5.61. The van der Waals surface area contributed by atoms with Crippen LogP contribution in [-0.4, -0.2) is 40.7 Å². The molecule has 0 aliphatic heterocycles. The Morgan fingerprint density at radius 3 is 2.57 bits per heavy atom. The highest BCUT2D eigenvalue weighted by Crippen LogP contribution is 2.31. The Bertz CT molecular complexity index is 448. The second-order valence-electron chi connectivity index (χ2n) is 5.90. The third-order valence-electron chi connectivity index (χ3n) is 3.18. The van der Waals surface area contributed by atoms with E-state index in [2.05, 4.69) is 45.9 Å². The van der Waals surface area contributed by atoms with E-state index in [-0.39, 0.29) is 0 Å². The first kappa shape index (κ1) is 15.8. The van der Waals surface area contributed by atoms with Crippen molar-refractivity contribution < 1.29 is 4.74 Å². The summed E-state index contributed by atoms with van der Waals surface area (Å²) in [4.78, 5) is 15.7. The Balaban J connectivity index is 2.23. The van der Waals surface area contributed by atoms with E-state index in [1.807, 2.05) is 6.92 Å². The average Bonchev–Trinajstić information content (AvgIpc) is 3.27. The second kappa shape index (κ2) is 7.43. The van der Waals surface area contributed by atoms with Crippen molar-refractivity contribution in [3.63, 3.8) is 0 Å². The molecule has 0 spiro atoms. The van der Waals surface area contributed by atoms with E-state index in [0.29, 0.717) is 30.5 Å². The van der Waals surface area contributed by atoms with E-state index in [9.17, 15) is 0 Å². The van der Waals surface area contributed by atoms with Gasteiger partial charge in [0.15, 0.2) is 0 Å². The maximum Gasteiger partial charge on any atom is 0.323 e. The number of aromatic nitrogens is 3. The number of nitrogens with one attached hydrogen (secondary N) is 1. The lowest BCUT2D eigenvalue weighted by atomic mass is 10.2. The minimum Gasteiger partial charge on any atom is -0.463 e. The Morgan fingerprint density at radius 1 is 1.24 bits per heavy atom. The highest BCUT2D eigenvalue weighted by molar-refractivity contribution is 5.40. The maximum absolute atomic E-state index is 5.61. The summed E-state index contributed by atoms with van der Waals surface area (Å²) >= 11 is 0. The molecule has 1 aliphatic rings. The summed E-state index contributed by atoms with van der Waals surface area (Å²) in [6.07, 6.45) is 3.38. The molecule has 0 radical (unpaired) electrons. The molecule has 21 heavy (non-hydrogen) atoms. The van der Waals surface area contributed by atoms with Gasteiger partial charge in [0.25, 0.3) is 0 Å². The van der Waals surface area contributed by atoms with Gasteiger partial charge in [-0.25, -0.2) is 0 Å². The fraction of sp³-hybridized carbons (Fsp3) is 0.800. The van der Waals surface area contributed by atoms with Crippen LogP contribution in [-0.2, 0) is 0 Å². The molecule has 118 valence electrons. The monoisotopic (exact) mass is 293 g/mol. The van der Waals surface area contributed by atoms with Gasteiger partial charge in [0.05, 0.1) is 6.61 Å². The molecule has 6 nitrogen and oxygen atoms in total. The summed E-state index contributed by atoms with van der Waals surface area (Å²) in [7, 11) is 0. The summed E-state index contributed by atoms with van der Waals surface area (Å²) in [5.41, 5.74) is 0. The molecule has 1 aliphatic carbocycles. The predicted molar refractivity (Wildman–Crippen MR) is 85.0 cm³/mol. The van der Waals surface area contributed by atoms with Crippen LogP contribution in [0, 0.1) is 5.92 Å². The van der Waals surface area contributed by atoms with Gasteiger partial charge in [0, 0.05) is 19.1 Å². The highest BCUT2D eigenvalue weighted by Gasteiger charge is 2.32. The predicted octanol–water partition coefficient (Wildman–Crippen LogP) is 2.72. The van der Waals surface area contributed by atoms with Crippen molar-refractivity contribution in [1.29, 1.82) is 0 Å². The summed E-state index contributed by atoms with van der Waals surface area (Å²) in [5.74, 6) is 1.91. The number of anilines is 2. The zero-order valence-electron chi connectivity index (χ0n) is 13.6. The quantitative estimate of drug-likeness (QED) is 0.755. The normalized spacial score (nSPS) is 14.3. The first-order valence-corrected chi connectivity index (χ1v) is 8.03. The SMILES string of the molecule is CCCOc1nc(NCC)nc(N(CC(C)C)C2CC2)n1. The lowest BCUT2D eigenvalue weighted by Crippen LogP contribution is -2.32. The molecule has 0 unspecified atom stereocenters. The Hall–Kier alpha value is -1.59. The highest BCUT2D eigenvalue weighted by atomic mass is 16.5. The van der Waals surface area contributed by atoms with Crippen molar-refractivity contribution in [2.24, 2.45) is 5.92 Å². The molecular formula is C15H27N5O. The van der Waals surface area contributed by atoms with Crippen LogP contribution in [0.25, 0.3) is 0 Å². The van der Waals surface area contributed by atoms with Crippen molar-refractivity contribution in [3.05, 3.63) is 0 Å². The number of hydrogen-bond acceptors (Lipinski definition) is 6. The number of hydrogen-bond donors (Lipinski definition) is 1. The van der Waals surface area contributed by atoms with Crippen LogP contribution >= 0.6 is 0 Å². The molecule has 1 heterocycles. The van der Waals surface area contributed by atoms with E-state index < -0.39 is 0 Å². The van der Waals surface area contributed by atoms with Gasteiger partial charge in [0.1, 0.15) is 0 Å². The van der Waals surface area contributed by atoms with Crippen LogP contribution in [0.1, 0.15) is 47.0 Å². The van der Waals surface area contributed by atoms with Crippen molar-refractivity contribution in [3.8, 4) is 6.01 Å². The Kier molecular flexibility index (Phi) is 5.59. The average molecular weight is 293 g/mol. The summed E-state index contributed by atoms with van der Waals surface area (Å²) in [5, 5.41) is 3.16. The van der Waals surface area contributed by atoms with Crippen LogP contribution in [0.4, 0.5) is 11.9 Å². The van der Waals surface area contributed by atoms with E-state index >= 15 is 0 Å². The third kappa shape index (κ3) is 4.72. The van der Waals surface area contributed by atoms with Crippen molar-refractivity contribution >= 4 is 11.9 Å². The van der Waals surface area contributed by atoms with Gasteiger partial charge in [-0.1, -0.05) is 20.8 Å². The van der Waals surface area contributed by atoms with Gasteiger partial charge in [-0.2, -0.15) is 15.0 Å². The lowest BCUT2D eigenvalue weighted by molar-refractivity contribution is 0.291. The second-order valence-corrected chi connectivity index (χ2v) is 5.90.